The molecule has 0 fully saturated rings. The van der Waals surface area contributed by atoms with Gasteiger partial charge in [0.1, 0.15) is 10.7 Å². The molecule has 0 spiro atoms. The predicted octanol–water partition coefficient (Wildman–Crippen LogP) is 0.340. The van der Waals surface area contributed by atoms with Crippen LogP contribution in [0, 0.1) is 19.7 Å². The lowest BCUT2D eigenvalue weighted by atomic mass is 10.2. The van der Waals surface area contributed by atoms with Crippen molar-refractivity contribution in [3.63, 3.8) is 0 Å². The highest BCUT2D eigenvalue weighted by atomic mass is 32.2. The van der Waals surface area contributed by atoms with Crippen LogP contribution in [0.3, 0.4) is 0 Å². The van der Waals surface area contributed by atoms with Crippen molar-refractivity contribution in [3.05, 3.63) is 41.0 Å². The summed E-state index contributed by atoms with van der Waals surface area (Å²) < 4.78 is 42.1. The summed E-state index contributed by atoms with van der Waals surface area (Å²) in [6.45, 7) is 3.24. The summed E-state index contributed by atoms with van der Waals surface area (Å²) in [5.74, 6) is -2.65. The van der Waals surface area contributed by atoms with Crippen LogP contribution < -0.4 is 9.83 Å². The van der Waals surface area contributed by atoms with E-state index in [9.17, 15) is 22.7 Å². The van der Waals surface area contributed by atoms with Crippen molar-refractivity contribution >= 4 is 21.7 Å². The Morgan fingerprint density at radius 1 is 1.36 bits per heavy atom. The maximum atomic E-state index is 13.8. The number of sulfonamides is 1. The number of halogens is 1. The van der Waals surface area contributed by atoms with Crippen LogP contribution in [0.1, 0.15) is 21.7 Å². The van der Waals surface area contributed by atoms with Crippen molar-refractivity contribution in [1.29, 1.82) is 0 Å². The number of aryl methyl sites for hydroxylation is 2. The Bertz CT molecular complexity index is 858. The number of carboxylic acid groups (broad SMARTS) is 1. The van der Waals surface area contributed by atoms with Gasteiger partial charge in [0.25, 0.3) is 10.0 Å². The Hall–Kier alpha value is -2.42. The number of aromatic nitrogens is 2. The Morgan fingerprint density at radius 3 is 2.50 bits per heavy atom. The SMILES string of the molecule is Cc1nn(C)c(C)c1NS(=O)(=O)c1cc(C(=O)[O-])ccc1F. The molecular formula is C13H13FN3O4S-. The first-order chi connectivity index (χ1) is 10.1. The molecule has 0 radical (unpaired) electrons. The van der Waals surface area contributed by atoms with Crippen LogP contribution in [0.2, 0.25) is 0 Å². The van der Waals surface area contributed by atoms with Gasteiger partial charge in [-0.2, -0.15) is 5.10 Å². The van der Waals surface area contributed by atoms with Gasteiger partial charge in [0, 0.05) is 7.05 Å². The molecule has 0 aliphatic rings. The van der Waals surface area contributed by atoms with E-state index in [1.807, 2.05) is 0 Å². The van der Waals surface area contributed by atoms with Gasteiger partial charge in [-0.15, -0.1) is 0 Å². The van der Waals surface area contributed by atoms with Crippen LogP contribution in [-0.2, 0) is 17.1 Å². The molecule has 0 bridgehead atoms. The standard InChI is InChI=1S/C13H14FN3O4S/c1-7-12(8(2)17(3)15-7)16-22(20,21)11-6-9(13(18)19)4-5-10(11)14/h4-6,16H,1-3H3,(H,18,19)/p-1. The van der Waals surface area contributed by atoms with Gasteiger partial charge < -0.3 is 9.90 Å². The molecule has 1 aromatic carbocycles. The van der Waals surface area contributed by atoms with Gasteiger partial charge >= 0.3 is 0 Å². The van der Waals surface area contributed by atoms with Crippen LogP contribution >= 0.6 is 0 Å². The van der Waals surface area contributed by atoms with Crippen LogP contribution in [0.25, 0.3) is 0 Å². The van der Waals surface area contributed by atoms with E-state index in [1.54, 1.807) is 20.9 Å². The van der Waals surface area contributed by atoms with Crippen molar-refractivity contribution in [1.82, 2.24) is 9.78 Å². The average Bonchev–Trinajstić information content (AvgIpc) is 2.65. The first-order valence-electron chi connectivity index (χ1n) is 6.17. The summed E-state index contributed by atoms with van der Waals surface area (Å²) in [5, 5.41) is 14.8. The second-order valence-electron chi connectivity index (χ2n) is 4.71. The van der Waals surface area contributed by atoms with E-state index < -0.39 is 32.3 Å². The maximum absolute atomic E-state index is 13.8. The number of hydrogen-bond donors (Lipinski definition) is 1. The molecule has 0 saturated carbocycles. The zero-order valence-electron chi connectivity index (χ0n) is 12.0. The Labute approximate surface area is 126 Å². The van der Waals surface area contributed by atoms with Crippen LogP contribution in [0.4, 0.5) is 10.1 Å². The molecule has 0 aliphatic carbocycles. The van der Waals surface area contributed by atoms with Gasteiger partial charge in [-0.25, -0.2) is 12.8 Å². The number of anilines is 1. The summed E-state index contributed by atoms with van der Waals surface area (Å²) in [5.41, 5.74) is 0.750. The summed E-state index contributed by atoms with van der Waals surface area (Å²) in [6, 6.07) is 2.42. The lowest BCUT2D eigenvalue weighted by Crippen LogP contribution is -2.23. The van der Waals surface area contributed by atoms with E-state index >= 15 is 0 Å². The third kappa shape index (κ3) is 2.80. The zero-order chi connectivity index (χ0) is 16.7. The third-order valence-electron chi connectivity index (χ3n) is 3.20. The smallest absolute Gasteiger partial charge is 0.264 e. The molecule has 0 atom stereocenters. The van der Waals surface area contributed by atoms with Crippen molar-refractivity contribution in [3.8, 4) is 0 Å². The number of carbonyl (C=O) groups is 1. The van der Waals surface area contributed by atoms with E-state index in [-0.39, 0.29) is 5.69 Å². The number of nitrogens with zero attached hydrogens (tertiary/aromatic N) is 2. The second-order valence-corrected chi connectivity index (χ2v) is 6.36. The van der Waals surface area contributed by atoms with Crippen molar-refractivity contribution in [2.24, 2.45) is 7.05 Å². The topological polar surface area (TPSA) is 104 Å². The van der Waals surface area contributed by atoms with E-state index in [4.69, 9.17) is 0 Å². The van der Waals surface area contributed by atoms with Gasteiger partial charge in [-0.05, 0) is 31.5 Å². The number of carbonyl (C=O) groups excluding carboxylic acids is 1. The predicted molar refractivity (Wildman–Crippen MR) is 74.2 cm³/mol. The van der Waals surface area contributed by atoms with Crippen LogP contribution in [-0.4, -0.2) is 24.2 Å². The summed E-state index contributed by atoms with van der Waals surface area (Å²) >= 11 is 0. The van der Waals surface area contributed by atoms with E-state index in [0.717, 1.165) is 12.1 Å². The van der Waals surface area contributed by atoms with E-state index in [1.165, 1.54) is 4.68 Å². The molecule has 7 nitrogen and oxygen atoms in total. The molecule has 22 heavy (non-hydrogen) atoms. The molecular weight excluding hydrogens is 313 g/mol. The minimum atomic E-state index is -4.30. The molecule has 1 N–H and O–H groups in total. The lowest BCUT2D eigenvalue weighted by Gasteiger charge is -2.11. The molecule has 0 unspecified atom stereocenters. The summed E-state index contributed by atoms with van der Waals surface area (Å²) in [7, 11) is -2.66. The first-order valence-corrected chi connectivity index (χ1v) is 7.65. The van der Waals surface area contributed by atoms with E-state index in [2.05, 4.69) is 9.82 Å². The molecule has 1 aromatic heterocycles. The van der Waals surface area contributed by atoms with Crippen molar-refractivity contribution in [2.75, 3.05) is 4.72 Å². The highest BCUT2D eigenvalue weighted by Crippen LogP contribution is 2.24. The monoisotopic (exact) mass is 326 g/mol. The fourth-order valence-electron chi connectivity index (χ4n) is 1.95. The molecule has 0 saturated heterocycles. The van der Waals surface area contributed by atoms with Gasteiger partial charge in [-0.3, -0.25) is 9.40 Å². The quantitative estimate of drug-likeness (QED) is 0.872. The fourth-order valence-corrected chi connectivity index (χ4v) is 3.23. The molecule has 0 amide bonds. The third-order valence-corrected chi connectivity index (χ3v) is 4.57. The molecule has 118 valence electrons. The number of hydrogen-bond acceptors (Lipinski definition) is 5. The second kappa shape index (κ2) is 5.41. The minimum Gasteiger partial charge on any atom is -0.545 e. The van der Waals surface area contributed by atoms with Crippen LogP contribution in [0.5, 0.6) is 0 Å². The Morgan fingerprint density at radius 2 is 2.00 bits per heavy atom. The Balaban J connectivity index is 2.51. The zero-order valence-corrected chi connectivity index (χ0v) is 12.9. The lowest BCUT2D eigenvalue weighted by molar-refractivity contribution is -0.255. The number of carboxylic acids is 1. The first kappa shape index (κ1) is 16.0. The highest BCUT2D eigenvalue weighted by Gasteiger charge is 2.23. The summed E-state index contributed by atoms with van der Waals surface area (Å²) in [6.07, 6.45) is 0. The maximum Gasteiger partial charge on any atom is 0.264 e. The number of nitrogens with one attached hydrogen (secondary N) is 1. The van der Waals surface area contributed by atoms with Gasteiger partial charge in [-0.1, -0.05) is 6.07 Å². The average molecular weight is 326 g/mol. The molecule has 2 rings (SSSR count). The van der Waals surface area contributed by atoms with Crippen LogP contribution in [0.15, 0.2) is 23.1 Å². The van der Waals surface area contributed by atoms with Crippen molar-refractivity contribution in [2.45, 2.75) is 18.7 Å². The largest absolute Gasteiger partial charge is 0.545 e. The van der Waals surface area contributed by atoms with Gasteiger partial charge in [0.15, 0.2) is 0 Å². The van der Waals surface area contributed by atoms with Gasteiger partial charge in [0.2, 0.25) is 0 Å². The van der Waals surface area contributed by atoms with E-state index in [0.29, 0.717) is 17.5 Å². The summed E-state index contributed by atoms with van der Waals surface area (Å²) in [4.78, 5) is 10.0. The number of benzene rings is 1. The number of rotatable bonds is 4. The highest BCUT2D eigenvalue weighted by molar-refractivity contribution is 7.92. The molecule has 1 heterocycles. The molecule has 2 aromatic rings. The molecule has 9 heteroatoms. The number of aromatic carboxylic acids is 1. The fraction of sp³-hybridized carbons (Fsp3) is 0.231. The van der Waals surface area contributed by atoms with Crippen molar-refractivity contribution < 1.29 is 22.7 Å². The normalized spacial score (nSPS) is 11.5. The van der Waals surface area contributed by atoms with Gasteiger partial charge in [0.05, 0.1) is 23.0 Å². The Kier molecular flexibility index (Phi) is 3.92. The minimum absolute atomic E-state index is 0.223. The molecule has 0 aliphatic heterocycles.